The Balaban J connectivity index is 0.982. The van der Waals surface area contributed by atoms with Gasteiger partial charge < -0.3 is 19.1 Å². The Hall–Kier alpha value is -3.46. The molecule has 0 spiro atoms. The molecule has 244 valence electrons. The van der Waals surface area contributed by atoms with Crippen molar-refractivity contribution >= 4 is 46.2 Å². The Labute approximate surface area is 283 Å². The second kappa shape index (κ2) is 12.2. The molecule has 3 heterocycles. The van der Waals surface area contributed by atoms with E-state index in [-0.39, 0.29) is 22.8 Å². The molecule has 1 aromatic carbocycles. The molecule has 0 radical (unpaired) electrons. The molecule has 47 heavy (non-hydrogen) atoms. The molecule has 0 atom stereocenters. The number of carbonyl (C=O) groups is 1. The number of benzene rings is 1. The van der Waals surface area contributed by atoms with Gasteiger partial charge in [0.25, 0.3) is 0 Å². The van der Waals surface area contributed by atoms with Crippen LogP contribution in [0.1, 0.15) is 110 Å². The van der Waals surface area contributed by atoms with Crippen LogP contribution in [0.5, 0.6) is 5.75 Å². The molecule has 10 heteroatoms. The second-order valence-corrected chi connectivity index (χ2v) is 14.7. The van der Waals surface area contributed by atoms with E-state index < -0.39 is 5.97 Å². The predicted octanol–water partition coefficient (Wildman–Crippen LogP) is 9.81. The van der Waals surface area contributed by atoms with Gasteiger partial charge in [0.2, 0.25) is 0 Å². The molecule has 0 unspecified atom stereocenters. The van der Waals surface area contributed by atoms with Gasteiger partial charge in [-0.3, -0.25) is 4.98 Å². The third kappa shape index (κ3) is 6.05. The van der Waals surface area contributed by atoms with E-state index in [9.17, 15) is 9.90 Å². The average Bonchev–Trinajstić information content (AvgIpc) is 3.63. The van der Waals surface area contributed by atoms with Crippen molar-refractivity contribution in [2.75, 3.05) is 0 Å². The molecule has 0 saturated heterocycles. The smallest absolute Gasteiger partial charge is 0.354 e. The van der Waals surface area contributed by atoms with Gasteiger partial charge in [0.1, 0.15) is 17.2 Å². The van der Waals surface area contributed by atoms with Crippen LogP contribution < -0.4 is 4.74 Å². The van der Waals surface area contributed by atoms with Gasteiger partial charge in [-0.2, -0.15) is 0 Å². The van der Waals surface area contributed by atoms with Crippen molar-refractivity contribution in [2.24, 2.45) is 5.41 Å². The van der Waals surface area contributed by atoms with E-state index in [1.54, 1.807) is 18.5 Å². The number of halogens is 2. The number of aromatic carboxylic acids is 1. The molecular formula is C37H37Cl2N3O5. The van der Waals surface area contributed by atoms with Crippen molar-refractivity contribution < 1.29 is 23.9 Å². The first kappa shape index (κ1) is 30.8. The summed E-state index contributed by atoms with van der Waals surface area (Å²) in [6.07, 6.45) is 20.5. The second-order valence-electron chi connectivity index (χ2n) is 13.9. The van der Waals surface area contributed by atoms with Gasteiger partial charge in [-0.05, 0) is 100 Å². The largest absolute Gasteiger partial charge is 0.490 e. The first-order valence-corrected chi connectivity index (χ1v) is 17.5. The van der Waals surface area contributed by atoms with E-state index in [0.29, 0.717) is 45.1 Å². The fourth-order valence-corrected chi connectivity index (χ4v) is 8.36. The lowest BCUT2D eigenvalue weighted by atomic mass is 9.58. The van der Waals surface area contributed by atoms with Crippen LogP contribution in [0.4, 0.5) is 0 Å². The molecule has 8 nitrogen and oxygen atoms in total. The van der Waals surface area contributed by atoms with Gasteiger partial charge in [0, 0.05) is 40.9 Å². The van der Waals surface area contributed by atoms with Crippen LogP contribution in [0.3, 0.4) is 0 Å². The normalized spacial score (nSPS) is 24.5. The Morgan fingerprint density at radius 3 is 2.40 bits per heavy atom. The third-order valence-corrected chi connectivity index (χ3v) is 11.4. The summed E-state index contributed by atoms with van der Waals surface area (Å²) in [6, 6.07) is 7.58. The summed E-state index contributed by atoms with van der Waals surface area (Å²) in [5.41, 5.74) is 3.94. The van der Waals surface area contributed by atoms with Gasteiger partial charge in [-0.1, -0.05) is 46.6 Å². The summed E-state index contributed by atoms with van der Waals surface area (Å²) in [7, 11) is 0. The first-order chi connectivity index (χ1) is 22.8. The monoisotopic (exact) mass is 673 g/mol. The number of carboxylic acids is 1. The molecule has 3 aromatic heterocycles. The number of ether oxygens (including phenoxy) is 2. The number of allylic oxidation sites excluding steroid dienone is 1. The highest BCUT2D eigenvalue weighted by molar-refractivity contribution is 6.38. The van der Waals surface area contributed by atoms with Crippen molar-refractivity contribution in [1.82, 2.24) is 15.1 Å². The van der Waals surface area contributed by atoms with E-state index in [2.05, 4.69) is 33.3 Å². The van der Waals surface area contributed by atoms with E-state index in [1.807, 2.05) is 12.1 Å². The van der Waals surface area contributed by atoms with E-state index in [4.69, 9.17) is 37.2 Å². The van der Waals surface area contributed by atoms with Crippen molar-refractivity contribution in [3.8, 4) is 17.0 Å². The Bertz CT molecular complexity index is 1830. The zero-order valence-corrected chi connectivity index (χ0v) is 27.7. The number of rotatable bonds is 10. The average molecular weight is 675 g/mol. The van der Waals surface area contributed by atoms with Crippen molar-refractivity contribution in [3.05, 3.63) is 75.4 Å². The summed E-state index contributed by atoms with van der Waals surface area (Å²) in [4.78, 5) is 20.2. The highest BCUT2D eigenvalue weighted by atomic mass is 35.5. The van der Waals surface area contributed by atoms with Gasteiger partial charge in [0.05, 0.1) is 33.9 Å². The lowest BCUT2D eigenvalue weighted by Crippen LogP contribution is -2.46. The van der Waals surface area contributed by atoms with Gasteiger partial charge >= 0.3 is 5.97 Å². The molecule has 5 aliphatic carbocycles. The fourth-order valence-electron chi connectivity index (χ4n) is 7.82. The van der Waals surface area contributed by atoms with E-state index in [1.165, 1.54) is 0 Å². The maximum absolute atomic E-state index is 11.8. The van der Waals surface area contributed by atoms with Crippen LogP contribution in [0.2, 0.25) is 10.0 Å². The zero-order valence-electron chi connectivity index (χ0n) is 26.1. The van der Waals surface area contributed by atoms with Gasteiger partial charge in [-0.25, -0.2) is 9.78 Å². The first-order valence-electron chi connectivity index (χ1n) is 16.8. The number of hydrogen-bond acceptors (Lipinski definition) is 7. The van der Waals surface area contributed by atoms with Crippen LogP contribution >= 0.6 is 23.2 Å². The molecule has 5 fully saturated rings. The Kier molecular flexibility index (Phi) is 8.01. The summed E-state index contributed by atoms with van der Waals surface area (Å²) < 4.78 is 19.0. The maximum Gasteiger partial charge on any atom is 0.354 e. The minimum atomic E-state index is -1.05. The molecule has 9 rings (SSSR count). The lowest BCUT2D eigenvalue weighted by Gasteiger charge is -2.52. The van der Waals surface area contributed by atoms with Crippen LogP contribution in [0, 0.1) is 5.41 Å². The lowest BCUT2D eigenvalue weighted by molar-refractivity contribution is -0.133. The molecule has 2 bridgehead atoms. The fraction of sp³-hybridized carbons (Fsp3) is 0.459. The summed E-state index contributed by atoms with van der Waals surface area (Å²) in [6.45, 7) is 0.419. The Morgan fingerprint density at radius 2 is 1.72 bits per heavy atom. The van der Waals surface area contributed by atoms with E-state index in [0.717, 1.165) is 99.3 Å². The summed E-state index contributed by atoms with van der Waals surface area (Å²) >= 11 is 13.0. The van der Waals surface area contributed by atoms with E-state index >= 15 is 0 Å². The Morgan fingerprint density at radius 1 is 1.00 bits per heavy atom. The number of aromatic nitrogens is 3. The summed E-state index contributed by atoms with van der Waals surface area (Å²) in [5, 5.41) is 15.8. The van der Waals surface area contributed by atoms with Crippen LogP contribution in [0.15, 0.2) is 47.3 Å². The van der Waals surface area contributed by atoms with Crippen LogP contribution in [-0.2, 0) is 11.3 Å². The minimum absolute atomic E-state index is 0.0109. The maximum atomic E-state index is 11.8. The molecular weight excluding hydrogens is 637 g/mol. The van der Waals surface area contributed by atoms with Crippen LogP contribution in [0.25, 0.3) is 28.2 Å². The van der Waals surface area contributed by atoms with Crippen molar-refractivity contribution in [3.63, 3.8) is 0 Å². The van der Waals surface area contributed by atoms with Crippen molar-refractivity contribution in [2.45, 2.75) is 101 Å². The number of hydrogen-bond donors (Lipinski definition) is 1. The SMILES string of the molecule is O=C(O)c1cc(OC2CCCC2)c2cc(/C=C/C34CCC(OCc5c(-c6c(Cl)cncc6Cl)noc5C5CC5)(CC3)CC4)ccc2n1. The van der Waals surface area contributed by atoms with Crippen LogP contribution in [-0.4, -0.2) is 37.9 Å². The quantitative estimate of drug-likeness (QED) is 0.177. The number of pyridine rings is 2. The summed E-state index contributed by atoms with van der Waals surface area (Å²) in [5.74, 6) is 0.830. The van der Waals surface area contributed by atoms with Crippen molar-refractivity contribution in [1.29, 1.82) is 0 Å². The van der Waals surface area contributed by atoms with Gasteiger partial charge in [0.15, 0.2) is 5.69 Å². The molecule has 0 aliphatic heterocycles. The number of fused-ring (bicyclic) bond motifs is 4. The third-order valence-electron chi connectivity index (χ3n) is 10.9. The topological polar surface area (TPSA) is 108 Å². The van der Waals surface area contributed by atoms with Gasteiger partial charge in [-0.15, -0.1) is 0 Å². The minimum Gasteiger partial charge on any atom is -0.490 e. The zero-order chi connectivity index (χ0) is 32.2. The molecule has 5 aliphatic rings. The highest BCUT2D eigenvalue weighted by Gasteiger charge is 2.48. The standard InChI is InChI=1S/C37H37Cl2N3O5/c38-27-19-40-20-28(39)32(27)33-26(34(47-42-33)23-6-7-23)21-45-37-14-11-36(12-15-37,13-16-37)10-9-22-5-8-29-25(17-22)31(18-30(41-29)35(43)44)46-24-3-1-2-4-24/h5,8-10,17-20,23-24H,1-4,6-7,11-16,21H2,(H,43,44)/b10-9+. The predicted molar refractivity (Wildman–Crippen MR) is 180 cm³/mol. The number of nitrogens with zero attached hydrogens (tertiary/aromatic N) is 3. The molecule has 1 N–H and O–H groups in total. The highest BCUT2D eigenvalue weighted by Crippen LogP contribution is 2.55. The molecule has 0 amide bonds. The number of carboxylic acid groups (broad SMARTS) is 1. The molecule has 4 aromatic rings. The molecule has 5 saturated carbocycles.